The average molecular weight is 277 g/mol. The minimum atomic E-state index is -4.69. The van der Waals surface area contributed by atoms with Gasteiger partial charge in [0.2, 0.25) is 0 Å². The summed E-state index contributed by atoms with van der Waals surface area (Å²) < 4.78 is 42.8. The highest BCUT2D eigenvalue weighted by atomic mass is 19.4. The van der Waals surface area contributed by atoms with Gasteiger partial charge in [-0.3, -0.25) is 0 Å². The van der Waals surface area contributed by atoms with Crippen molar-refractivity contribution in [2.45, 2.75) is 19.2 Å². The van der Waals surface area contributed by atoms with E-state index < -0.39 is 23.3 Å². The molecule has 0 aliphatic carbocycles. The van der Waals surface area contributed by atoms with Crippen LogP contribution in [-0.4, -0.2) is 30.8 Å². The van der Waals surface area contributed by atoms with E-state index in [-0.39, 0.29) is 6.10 Å². The molecule has 1 atom stereocenters. The summed E-state index contributed by atoms with van der Waals surface area (Å²) in [6.45, 7) is 2.14. The Bertz CT molecular complexity index is 460. The number of carboxylic acids is 1. The molecule has 1 aromatic carbocycles. The fraction of sp³-hybridized carbons (Fsp3) is 0.417. The number of ether oxygens (including phenoxy) is 1. The fourth-order valence-electron chi connectivity index (χ4n) is 1.42. The SMILES string of the molecule is COC(C)CNc1ccc(C(F)(F)F)c(C(=O)O)c1. The molecule has 0 radical (unpaired) electrons. The van der Waals surface area contributed by atoms with Crippen molar-refractivity contribution in [2.75, 3.05) is 19.0 Å². The third-order valence-electron chi connectivity index (χ3n) is 2.55. The van der Waals surface area contributed by atoms with Crippen LogP contribution >= 0.6 is 0 Å². The van der Waals surface area contributed by atoms with Crippen LogP contribution in [0.15, 0.2) is 18.2 Å². The van der Waals surface area contributed by atoms with Crippen molar-refractivity contribution in [3.8, 4) is 0 Å². The van der Waals surface area contributed by atoms with E-state index in [0.717, 1.165) is 12.1 Å². The van der Waals surface area contributed by atoms with Gasteiger partial charge in [-0.2, -0.15) is 13.2 Å². The predicted molar refractivity (Wildman–Crippen MR) is 63.4 cm³/mol. The number of carbonyl (C=O) groups is 1. The molecule has 0 bridgehead atoms. The summed E-state index contributed by atoms with van der Waals surface area (Å²) in [5, 5.41) is 11.6. The zero-order valence-electron chi connectivity index (χ0n) is 10.4. The molecule has 0 aliphatic rings. The van der Waals surface area contributed by atoms with Gasteiger partial charge in [-0.15, -0.1) is 0 Å². The van der Waals surface area contributed by atoms with E-state index in [1.165, 1.54) is 13.2 Å². The third-order valence-corrected chi connectivity index (χ3v) is 2.55. The Morgan fingerprint density at radius 2 is 2.11 bits per heavy atom. The number of nitrogens with one attached hydrogen (secondary N) is 1. The lowest BCUT2D eigenvalue weighted by Crippen LogP contribution is -2.19. The number of methoxy groups -OCH3 is 1. The lowest BCUT2D eigenvalue weighted by atomic mass is 10.1. The van der Waals surface area contributed by atoms with Crippen molar-refractivity contribution in [1.82, 2.24) is 0 Å². The topological polar surface area (TPSA) is 58.6 Å². The van der Waals surface area contributed by atoms with Crippen molar-refractivity contribution in [3.05, 3.63) is 29.3 Å². The number of aromatic carboxylic acids is 1. The Morgan fingerprint density at radius 1 is 1.47 bits per heavy atom. The molecule has 4 nitrogen and oxygen atoms in total. The summed E-state index contributed by atoms with van der Waals surface area (Å²) in [6, 6.07) is 2.91. The molecule has 0 aromatic heterocycles. The number of carboxylic acid groups (broad SMARTS) is 1. The zero-order valence-corrected chi connectivity index (χ0v) is 10.4. The Kier molecular flexibility index (Phi) is 4.77. The van der Waals surface area contributed by atoms with Crippen molar-refractivity contribution in [2.24, 2.45) is 0 Å². The second-order valence-electron chi connectivity index (χ2n) is 3.99. The summed E-state index contributed by atoms with van der Waals surface area (Å²) in [6.07, 6.45) is -4.83. The molecule has 2 N–H and O–H groups in total. The smallest absolute Gasteiger partial charge is 0.417 e. The normalized spacial score (nSPS) is 13.1. The van der Waals surface area contributed by atoms with Gasteiger partial charge in [0.1, 0.15) is 0 Å². The number of halogens is 3. The monoisotopic (exact) mass is 277 g/mol. The molecule has 19 heavy (non-hydrogen) atoms. The first kappa shape index (κ1) is 15.3. The number of anilines is 1. The predicted octanol–water partition coefficient (Wildman–Crippen LogP) is 2.85. The maximum absolute atomic E-state index is 12.6. The van der Waals surface area contributed by atoms with E-state index in [4.69, 9.17) is 9.84 Å². The quantitative estimate of drug-likeness (QED) is 0.869. The van der Waals surface area contributed by atoms with E-state index in [9.17, 15) is 18.0 Å². The lowest BCUT2D eigenvalue weighted by molar-refractivity contribution is -0.138. The van der Waals surface area contributed by atoms with Crippen LogP contribution in [0.1, 0.15) is 22.8 Å². The molecular weight excluding hydrogens is 263 g/mol. The van der Waals surface area contributed by atoms with Crippen molar-refractivity contribution in [1.29, 1.82) is 0 Å². The van der Waals surface area contributed by atoms with Gasteiger partial charge in [0.15, 0.2) is 0 Å². The van der Waals surface area contributed by atoms with Crippen LogP contribution in [0.2, 0.25) is 0 Å². The summed E-state index contributed by atoms with van der Waals surface area (Å²) in [4.78, 5) is 10.9. The molecule has 0 heterocycles. The van der Waals surface area contributed by atoms with E-state index in [2.05, 4.69) is 5.32 Å². The number of hydrogen-bond acceptors (Lipinski definition) is 3. The van der Waals surface area contributed by atoms with E-state index in [1.807, 2.05) is 0 Å². The number of rotatable bonds is 5. The fourth-order valence-corrected chi connectivity index (χ4v) is 1.42. The molecule has 0 spiro atoms. The molecule has 0 saturated carbocycles. The highest BCUT2D eigenvalue weighted by Crippen LogP contribution is 2.33. The lowest BCUT2D eigenvalue weighted by Gasteiger charge is -2.15. The maximum atomic E-state index is 12.6. The second kappa shape index (κ2) is 5.92. The van der Waals surface area contributed by atoms with Crippen LogP contribution in [0.5, 0.6) is 0 Å². The molecule has 1 aromatic rings. The first-order chi connectivity index (χ1) is 8.75. The van der Waals surface area contributed by atoms with Gasteiger partial charge in [-0.05, 0) is 25.1 Å². The summed E-state index contributed by atoms with van der Waals surface area (Å²) >= 11 is 0. The molecule has 0 fully saturated rings. The van der Waals surface area contributed by atoms with Crippen LogP contribution < -0.4 is 5.32 Å². The number of alkyl halides is 3. The molecule has 106 valence electrons. The molecule has 0 aliphatic heterocycles. The van der Waals surface area contributed by atoms with Crippen LogP contribution in [0.3, 0.4) is 0 Å². The largest absolute Gasteiger partial charge is 0.478 e. The summed E-state index contributed by atoms with van der Waals surface area (Å²) in [5.41, 5.74) is -1.64. The van der Waals surface area contributed by atoms with Crippen molar-refractivity contribution in [3.63, 3.8) is 0 Å². The third kappa shape index (κ3) is 4.13. The first-order valence-electron chi connectivity index (χ1n) is 5.47. The molecule has 1 rings (SSSR count). The summed E-state index contributed by atoms with van der Waals surface area (Å²) in [7, 11) is 1.50. The van der Waals surface area contributed by atoms with Gasteiger partial charge in [0, 0.05) is 19.3 Å². The van der Waals surface area contributed by atoms with Gasteiger partial charge in [0.05, 0.1) is 17.2 Å². The molecule has 0 amide bonds. The van der Waals surface area contributed by atoms with Crippen LogP contribution in [0.25, 0.3) is 0 Å². The van der Waals surface area contributed by atoms with Gasteiger partial charge in [0.25, 0.3) is 0 Å². The van der Waals surface area contributed by atoms with Gasteiger partial charge < -0.3 is 15.2 Å². The Balaban J connectivity index is 3.00. The van der Waals surface area contributed by atoms with E-state index in [1.54, 1.807) is 6.92 Å². The van der Waals surface area contributed by atoms with Crippen LogP contribution in [0.4, 0.5) is 18.9 Å². The Labute approximate surface area is 108 Å². The highest BCUT2D eigenvalue weighted by molar-refractivity contribution is 5.91. The van der Waals surface area contributed by atoms with Crippen molar-refractivity contribution >= 4 is 11.7 Å². The minimum absolute atomic E-state index is 0.143. The minimum Gasteiger partial charge on any atom is -0.478 e. The average Bonchev–Trinajstić information content (AvgIpc) is 2.34. The zero-order chi connectivity index (χ0) is 14.6. The Hall–Kier alpha value is -1.76. The standard InChI is InChI=1S/C12H14F3NO3/c1-7(19-2)6-16-8-3-4-10(12(13,14)15)9(5-8)11(17)18/h3-5,7,16H,6H2,1-2H3,(H,17,18). The second-order valence-corrected chi connectivity index (χ2v) is 3.99. The van der Waals surface area contributed by atoms with E-state index >= 15 is 0 Å². The van der Waals surface area contributed by atoms with Gasteiger partial charge >= 0.3 is 12.1 Å². The molecule has 0 saturated heterocycles. The van der Waals surface area contributed by atoms with Gasteiger partial charge in [-0.1, -0.05) is 0 Å². The Morgan fingerprint density at radius 3 is 2.58 bits per heavy atom. The first-order valence-corrected chi connectivity index (χ1v) is 5.47. The van der Waals surface area contributed by atoms with Crippen LogP contribution in [-0.2, 0) is 10.9 Å². The number of hydrogen-bond donors (Lipinski definition) is 2. The molecular formula is C12H14F3NO3. The highest BCUT2D eigenvalue weighted by Gasteiger charge is 2.35. The van der Waals surface area contributed by atoms with Gasteiger partial charge in [-0.25, -0.2) is 4.79 Å². The van der Waals surface area contributed by atoms with Crippen LogP contribution in [0, 0.1) is 0 Å². The van der Waals surface area contributed by atoms with E-state index in [0.29, 0.717) is 12.2 Å². The van der Waals surface area contributed by atoms with Crippen molar-refractivity contribution < 1.29 is 27.8 Å². The number of benzene rings is 1. The maximum Gasteiger partial charge on any atom is 0.417 e. The molecule has 1 unspecified atom stereocenters. The summed E-state index contributed by atoms with van der Waals surface area (Å²) in [5.74, 6) is -1.62. The molecule has 7 heteroatoms.